The monoisotopic (exact) mass is 435 g/mol. The van der Waals surface area contributed by atoms with Gasteiger partial charge < -0.3 is 4.74 Å². The normalized spacial score (nSPS) is 12.1. The van der Waals surface area contributed by atoms with Crippen molar-refractivity contribution < 1.29 is 21.9 Å². The summed E-state index contributed by atoms with van der Waals surface area (Å²) in [5.74, 6) is 0. The molecule has 0 fully saturated rings. The van der Waals surface area contributed by atoms with Gasteiger partial charge in [-0.15, -0.1) is 0 Å². The summed E-state index contributed by atoms with van der Waals surface area (Å²) in [5, 5.41) is 0. The maximum Gasteiger partial charge on any atom is 0.261 e. The highest BCUT2D eigenvalue weighted by molar-refractivity contribution is 9.11. The zero-order chi connectivity index (χ0) is 15.3. The average Bonchev–Trinajstić information content (AvgIpc) is 2.32. The highest BCUT2D eigenvalue weighted by Crippen LogP contribution is 2.28. The van der Waals surface area contributed by atoms with E-state index in [4.69, 9.17) is 0 Å². The van der Waals surface area contributed by atoms with Crippen molar-refractivity contribution in [3.05, 3.63) is 26.6 Å². The van der Waals surface area contributed by atoms with Gasteiger partial charge in [0, 0.05) is 15.5 Å². The number of alkyl halides is 2. The van der Waals surface area contributed by atoms with E-state index in [1.54, 1.807) is 6.07 Å². The molecule has 1 aromatic carbocycles. The van der Waals surface area contributed by atoms with E-state index in [9.17, 15) is 17.2 Å². The molecule has 0 spiro atoms. The first-order chi connectivity index (χ1) is 9.24. The third-order valence-electron chi connectivity index (χ3n) is 2.28. The second-order valence-corrected chi connectivity index (χ2v) is 7.34. The molecule has 4 nitrogen and oxygen atoms in total. The largest absolute Gasteiger partial charge is 0.374 e. The maximum absolute atomic E-state index is 12.0. The number of ether oxygens (including phenoxy) is 1. The first kappa shape index (κ1) is 18.0. The van der Waals surface area contributed by atoms with E-state index in [2.05, 4.69) is 41.3 Å². The molecule has 0 heterocycles. The smallest absolute Gasteiger partial charge is 0.261 e. The fourth-order valence-corrected chi connectivity index (χ4v) is 4.02. The van der Waals surface area contributed by atoms with Gasteiger partial charge in [-0.2, -0.15) is 0 Å². The number of hydrogen-bond acceptors (Lipinski definition) is 3. The Kier molecular flexibility index (Phi) is 6.99. The van der Waals surface area contributed by atoms with Crippen molar-refractivity contribution in [1.82, 2.24) is 4.72 Å². The molecule has 0 aromatic heterocycles. The van der Waals surface area contributed by atoms with E-state index >= 15 is 0 Å². The van der Waals surface area contributed by atoms with Crippen LogP contribution in [0.25, 0.3) is 0 Å². The van der Waals surface area contributed by atoms with Crippen LogP contribution in [0.5, 0.6) is 0 Å². The van der Waals surface area contributed by atoms with Crippen molar-refractivity contribution >= 4 is 41.9 Å². The number of rotatable bonds is 7. The molecule has 0 atom stereocenters. The summed E-state index contributed by atoms with van der Waals surface area (Å²) in [7, 11) is -3.73. The number of hydrogen-bond donors (Lipinski definition) is 1. The predicted molar refractivity (Wildman–Crippen MR) is 78.6 cm³/mol. The van der Waals surface area contributed by atoms with Crippen LogP contribution in [0, 0.1) is 6.92 Å². The summed E-state index contributed by atoms with van der Waals surface area (Å²) < 4.78 is 55.7. The summed E-state index contributed by atoms with van der Waals surface area (Å²) >= 11 is 6.45. The third kappa shape index (κ3) is 5.36. The highest BCUT2D eigenvalue weighted by Gasteiger charge is 2.18. The Morgan fingerprint density at radius 2 is 1.95 bits per heavy atom. The molecule has 0 aliphatic rings. The van der Waals surface area contributed by atoms with Crippen LogP contribution >= 0.6 is 31.9 Å². The van der Waals surface area contributed by atoms with E-state index in [0.717, 1.165) is 5.56 Å². The lowest BCUT2D eigenvalue weighted by Gasteiger charge is -2.10. The van der Waals surface area contributed by atoms with E-state index < -0.39 is 23.1 Å². The number of nitrogens with one attached hydrogen (secondary N) is 1. The lowest BCUT2D eigenvalue weighted by Crippen LogP contribution is -2.28. The van der Waals surface area contributed by atoms with E-state index in [1.807, 2.05) is 6.92 Å². The quantitative estimate of drug-likeness (QED) is 0.668. The number of halogens is 4. The first-order valence-corrected chi connectivity index (χ1v) is 8.62. The van der Waals surface area contributed by atoms with Gasteiger partial charge in [0.15, 0.2) is 0 Å². The van der Waals surface area contributed by atoms with Crippen LogP contribution < -0.4 is 4.72 Å². The Balaban J connectivity index is 2.68. The fourth-order valence-electron chi connectivity index (χ4n) is 1.33. The van der Waals surface area contributed by atoms with Crippen molar-refractivity contribution in [2.75, 3.05) is 19.8 Å². The van der Waals surface area contributed by atoms with Gasteiger partial charge in [0.25, 0.3) is 6.43 Å². The molecule has 0 unspecified atom stereocenters. The molecule has 1 rings (SSSR count). The molecule has 1 aromatic rings. The van der Waals surface area contributed by atoms with Gasteiger partial charge in [0.2, 0.25) is 10.0 Å². The van der Waals surface area contributed by atoms with Crippen LogP contribution in [0.2, 0.25) is 0 Å². The molecule has 20 heavy (non-hydrogen) atoms. The van der Waals surface area contributed by atoms with Crippen molar-refractivity contribution in [3.63, 3.8) is 0 Å². The van der Waals surface area contributed by atoms with Crippen LogP contribution in [0.15, 0.2) is 26.0 Å². The summed E-state index contributed by atoms with van der Waals surface area (Å²) in [6, 6.07) is 3.15. The Bertz CT molecular complexity index is 567. The minimum Gasteiger partial charge on any atom is -0.374 e. The van der Waals surface area contributed by atoms with E-state index in [0.29, 0.717) is 8.95 Å². The SMILES string of the molecule is Cc1cc(Br)c(S(=O)(=O)NCCOCC(F)F)cc1Br. The highest BCUT2D eigenvalue weighted by atomic mass is 79.9. The van der Waals surface area contributed by atoms with Gasteiger partial charge >= 0.3 is 0 Å². The van der Waals surface area contributed by atoms with Crippen LogP contribution in [0.3, 0.4) is 0 Å². The Morgan fingerprint density at radius 1 is 1.30 bits per heavy atom. The average molecular weight is 437 g/mol. The predicted octanol–water partition coefficient (Wildman–Crippen LogP) is 3.08. The minimum atomic E-state index is -3.73. The Labute approximate surface area is 133 Å². The third-order valence-corrected chi connectivity index (χ3v) is 5.56. The molecular weight excluding hydrogens is 424 g/mol. The second kappa shape index (κ2) is 7.79. The van der Waals surface area contributed by atoms with Gasteiger partial charge in [-0.25, -0.2) is 21.9 Å². The van der Waals surface area contributed by atoms with E-state index in [1.165, 1.54) is 6.07 Å². The summed E-state index contributed by atoms with van der Waals surface area (Å²) in [6.07, 6.45) is -2.56. The van der Waals surface area contributed by atoms with Crippen molar-refractivity contribution in [3.8, 4) is 0 Å². The number of sulfonamides is 1. The summed E-state index contributed by atoms with van der Waals surface area (Å²) in [5.41, 5.74) is 0.885. The zero-order valence-corrected chi connectivity index (χ0v) is 14.5. The molecule has 0 aliphatic carbocycles. The van der Waals surface area contributed by atoms with Crippen molar-refractivity contribution in [2.24, 2.45) is 0 Å². The van der Waals surface area contributed by atoms with Gasteiger partial charge in [-0.3, -0.25) is 0 Å². The lowest BCUT2D eigenvalue weighted by molar-refractivity contribution is 0.0199. The summed E-state index contributed by atoms with van der Waals surface area (Å²) in [4.78, 5) is 0.0730. The lowest BCUT2D eigenvalue weighted by atomic mass is 10.2. The Morgan fingerprint density at radius 3 is 2.55 bits per heavy atom. The number of aryl methyl sites for hydroxylation is 1. The van der Waals surface area contributed by atoms with E-state index in [-0.39, 0.29) is 18.0 Å². The topological polar surface area (TPSA) is 55.4 Å². The maximum atomic E-state index is 12.0. The van der Waals surface area contributed by atoms with Gasteiger partial charge in [-0.05, 0) is 40.5 Å². The number of benzene rings is 1. The van der Waals surface area contributed by atoms with Crippen LogP contribution in [0.1, 0.15) is 5.56 Å². The molecule has 0 amide bonds. The molecule has 0 radical (unpaired) electrons. The van der Waals surface area contributed by atoms with Crippen molar-refractivity contribution in [2.45, 2.75) is 18.2 Å². The molecule has 0 saturated heterocycles. The van der Waals surface area contributed by atoms with Gasteiger partial charge in [0.1, 0.15) is 6.61 Å². The summed E-state index contributed by atoms with van der Waals surface area (Å²) in [6.45, 7) is 0.930. The zero-order valence-electron chi connectivity index (χ0n) is 10.5. The van der Waals surface area contributed by atoms with Crippen LogP contribution in [-0.4, -0.2) is 34.6 Å². The molecule has 0 bridgehead atoms. The standard InChI is InChI=1S/C11H13Br2F2NO3S/c1-7-4-9(13)10(5-8(7)12)20(17,18)16-2-3-19-6-11(14)15/h4-5,11,16H,2-3,6H2,1H3. The van der Waals surface area contributed by atoms with Gasteiger partial charge in [0.05, 0.1) is 11.5 Å². The molecule has 0 saturated carbocycles. The fraction of sp³-hybridized carbons (Fsp3) is 0.455. The molecule has 0 aliphatic heterocycles. The minimum absolute atomic E-state index is 0.0730. The molecular formula is C11H13Br2F2NO3S. The first-order valence-electron chi connectivity index (χ1n) is 5.55. The molecule has 9 heteroatoms. The second-order valence-electron chi connectivity index (χ2n) is 3.90. The Hall–Kier alpha value is -0.0900. The van der Waals surface area contributed by atoms with Crippen molar-refractivity contribution in [1.29, 1.82) is 0 Å². The van der Waals surface area contributed by atoms with Gasteiger partial charge in [-0.1, -0.05) is 15.9 Å². The van der Waals surface area contributed by atoms with Crippen LogP contribution in [-0.2, 0) is 14.8 Å². The molecule has 114 valence electrons. The van der Waals surface area contributed by atoms with Crippen LogP contribution in [0.4, 0.5) is 8.78 Å². The molecule has 1 N–H and O–H groups in total.